The Morgan fingerprint density at radius 1 is 1.06 bits per heavy atom. The van der Waals surface area contributed by atoms with E-state index in [4.69, 9.17) is 28.9 Å². The second-order valence-corrected chi connectivity index (χ2v) is 6.54. The monoisotopic (exact) mass is 361 g/mol. The van der Waals surface area contributed by atoms with Gasteiger partial charge >= 0.3 is 0 Å². The molecule has 0 spiro atoms. The Labute approximate surface area is 129 Å². The molecule has 0 aromatic heterocycles. The fourth-order valence-corrected chi connectivity index (χ4v) is 3.28. The summed E-state index contributed by atoms with van der Waals surface area (Å²) < 4.78 is 0.993. The van der Waals surface area contributed by atoms with Crippen LogP contribution in [0.2, 0.25) is 10.0 Å². The molecule has 2 rings (SSSR count). The van der Waals surface area contributed by atoms with E-state index < -0.39 is 0 Å². The molecule has 0 bridgehead atoms. The van der Waals surface area contributed by atoms with Gasteiger partial charge < -0.3 is 5.73 Å². The van der Waals surface area contributed by atoms with Gasteiger partial charge in [0.15, 0.2) is 0 Å². The number of rotatable bonds is 3. The summed E-state index contributed by atoms with van der Waals surface area (Å²) in [6.45, 7) is 0. The maximum absolute atomic E-state index is 5.97. The Morgan fingerprint density at radius 2 is 1.83 bits per heavy atom. The van der Waals surface area contributed by atoms with Crippen molar-refractivity contribution >= 4 is 56.6 Å². The molecule has 0 aliphatic rings. The topological polar surface area (TPSA) is 26.0 Å². The fourth-order valence-electron chi connectivity index (χ4n) is 1.49. The van der Waals surface area contributed by atoms with E-state index in [9.17, 15) is 0 Å². The van der Waals surface area contributed by atoms with E-state index in [1.165, 1.54) is 0 Å². The number of nitrogen functional groups attached to an aromatic ring is 1. The zero-order valence-electron chi connectivity index (χ0n) is 9.29. The molecule has 0 atom stereocenters. The van der Waals surface area contributed by atoms with Crippen molar-refractivity contribution in [2.75, 3.05) is 5.73 Å². The van der Waals surface area contributed by atoms with Crippen molar-refractivity contribution in [2.24, 2.45) is 0 Å². The Morgan fingerprint density at radius 3 is 2.50 bits per heavy atom. The first-order valence-electron chi connectivity index (χ1n) is 5.17. The molecule has 2 aromatic rings. The van der Waals surface area contributed by atoms with Crippen LogP contribution in [0.3, 0.4) is 0 Å². The van der Waals surface area contributed by atoms with Gasteiger partial charge in [-0.05, 0) is 42.0 Å². The summed E-state index contributed by atoms with van der Waals surface area (Å²) in [5.74, 6) is 0.835. The zero-order chi connectivity index (χ0) is 13.1. The summed E-state index contributed by atoms with van der Waals surface area (Å²) >= 11 is 17.0. The molecule has 2 N–H and O–H groups in total. The summed E-state index contributed by atoms with van der Waals surface area (Å²) in [6.07, 6.45) is 0. The van der Waals surface area contributed by atoms with Gasteiger partial charge in [-0.1, -0.05) is 39.1 Å². The van der Waals surface area contributed by atoms with Crippen molar-refractivity contribution in [1.82, 2.24) is 0 Å². The Hall–Kier alpha value is -0.350. The molecule has 0 fully saturated rings. The first kappa shape index (κ1) is 14.1. The van der Waals surface area contributed by atoms with E-state index in [2.05, 4.69) is 22.0 Å². The normalized spacial score (nSPS) is 10.6. The van der Waals surface area contributed by atoms with E-state index in [0.29, 0.717) is 10.0 Å². The first-order valence-corrected chi connectivity index (χ1v) is 7.71. The Kier molecular flexibility index (Phi) is 4.84. The lowest BCUT2D eigenvalue weighted by molar-refractivity contribution is 1.37. The van der Waals surface area contributed by atoms with Crippen LogP contribution in [-0.2, 0) is 5.75 Å². The van der Waals surface area contributed by atoms with Crippen molar-refractivity contribution in [3.63, 3.8) is 0 Å². The minimum Gasteiger partial charge on any atom is -0.399 e. The molecule has 5 heteroatoms. The van der Waals surface area contributed by atoms with Crippen LogP contribution < -0.4 is 5.73 Å². The zero-order valence-corrected chi connectivity index (χ0v) is 13.2. The van der Waals surface area contributed by atoms with Crippen molar-refractivity contribution in [2.45, 2.75) is 10.6 Å². The van der Waals surface area contributed by atoms with Gasteiger partial charge in [0.2, 0.25) is 0 Å². The molecule has 94 valence electrons. The molecule has 0 saturated heterocycles. The van der Waals surface area contributed by atoms with Gasteiger partial charge in [0.1, 0.15) is 0 Å². The second kappa shape index (κ2) is 6.20. The summed E-state index contributed by atoms with van der Waals surface area (Å²) in [5.41, 5.74) is 7.72. The van der Waals surface area contributed by atoms with Crippen LogP contribution in [0.4, 0.5) is 5.69 Å². The quantitative estimate of drug-likeness (QED) is 0.565. The predicted molar refractivity (Wildman–Crippen MR) is 84.6 cm³/mol. The van der Waals surface area contributed by atoms with Crippen LogP contribution in [0.5, 0.6) is 0 Å². The molecule has 0 saturated carbocycles. The lowest BCUT2D eigenvalue weighted by Gasteiger charge is -2.05. The molecule has 2 aromatic carbocycles. The largest absolute Gasteiger partial charge is 0.399 e. The number of benzene rings is 2. The highest BCUT2D eigenvalue weighted by atomic mass is 79.9. The van der Waals surface area contributed by atoms with E-state index in [1.54, 1.807) is 11.8 Å². The van der Waals surface area contributed by atoms with E-state index in [1.807, 2.05) is 30.3 Å². The third kappa shape index (κ3) is 3.82. The van der Waals surface area contributed by atoms with Gasteiger partial charge in [-0.25, -0.2) is 0 Å². The summed E-state index contributed by atoms with van der Waals surface area (Å²) in [7, 11) is 0. The maximum Gasteiger partial charge on any atom is 0.0603 e. The average molecular weight is 363 g/mol. The Bertz CT molecular complexity index is 555. The van der Waals surface area contributed by atoms with E-state index in [-0.39, 0.29) is 0 Å². The van der Waals surface area contributed by atoms with Gasteiger partial charge in [-0.3, -0.25) is 0 Å². The van der Waals surface area contributed by atoms with Crippen molar-refractivity contribution < 1.29 is 0 Å². The Balaban J connectivity index is 2.08. The van der Waals surface area contributed by atoms with Crippen molar-refractivity contribution in [3.8, 4) is 0 Å². The van der Waals surface area contributed by atoms with Crippen LogP contribution in [0, 0.1) is 0 Å². The van der Waals surface area contributed by atoms with Crippen molar-refractivity contribution in [3.05, 3.63) is 56.5 Å². The van der Waals surface area contributed by atoms with Gasteiger partial charge in [0, 0.05) is 20.8 Å². The highest BCUT2D eigenvalue weighted by Gasteiger charge is 2.02. The van der Waals surface area contributed by atoms with Crippen LogP contribution in [0.25, 0.3) is 0 Å². The molecule has 0 amide bonds. The summed E-state index contributed by atoms with van der Waals surface area (Å²) in [6, 6.07) is 11.5. The molecule has 0 radical (unpaired) electrons. The number of hydrogen-bond donors (Lipinski definition) is 1. The highest BCUT2D eigenvalue weighted by molar-refractivity contribution is 9.10. The van der Waals surface area contributed by atoms with Gasteiger partial charge in [-0.2, -0.15) is 0 Å². The predicted octanol–water partition coefficient (Wildman–Crippen LogP) is 5.63. The molecule has 0 heterocycles. The summed E-state index contributed by atoms with van der Waals surface area (Å²) in [5, 5.41) is 1.16. The van der Waals surface area contributed by atoms with Crippen molar-refractivity contribution in [1.29, 1.82) is 0 Å². The van der Waals surface area contributed by atoms with Gasteiger partial charge in [0.25, 0.3) is 0 Å². The van der Waals surface area contributed by atoms with E-state index in [0.717, 1.165) is 26.4 Å². The minimum absolute atomic E-state index is 0.577. The lowest BCUT2D eigenvalue weighted by atomic mass is 10.2. The summed E-state index contributed by atoms with van der Waals surface area (Å²) in [4.78, 5) is 1.09. The second-order valence-electron chi connectivity index (χ2n) is 3.76. The number of thioether (sulfide) groups is 1. The molecule has 1 nitrogen and oxygen atoms in total. The van der Waals surface area contributed by atoms with Gasteiger partial charge in [-0.15, -0.1) is 11.8 Å². The highest BCUT2D eigenvalue weighted by Crippen LogP contribution is 2.30. The minimum atomic E-state index is 0.577. The smallest absolute Gasteiger partial charge is 0.0603 e. The molecule has 18 heavy (non-hydrogen) atoms. The number of hydrogen-bond acceptors (Lipinski definition) is 2. The fraction of sp³-hybridized carbons (Fsp3) is 0.0769. The standard InChI is InChI=1S/C13H10BrCl2NS/c14-9-3-8(4-10(17)5-9)7-18-11-1-2-12(15)13(16)6-11/h1-6H,7,17H2. The van der Waals surface area contributed by atoms with Crippen LogP contribution >= 0.6 is 50.9 Å². The van der Waals surface area contributed by atoms with Crippen LogP contribution in [-0.4, -0.2) is 0 Å². The maximum atomic E-state index is 5.97. The first-order chi connectivity index (χ1) is 8.54. The number of anilines is 1. The lowest BCUT2D eigenvalue weighted by Crippen LogP contribution is -1.88. The number of halogens is 3. The number of nitrogens with two attached hydrogens (primary N) is 1. The molecular weight excluding hydrogens is 353 g/mol. The third-order valence-electron chi connectivity index (χ3n) is 2.28. The molecule has 0 aliphatic heterocycles. The molecule has 0 unspecified atom stereocenters. The molecule has 0 aliphatic carbocycles. The SMILES string of the molecule is Nc1cc(Br)cc(CSc2ccc(Cl)c(Cl)c2)c1. The molecular formula is C13H10BrCl2NS. The average Bonchev–Trinajstić information content (AvgIpc) is 2.29. The van der Waals surface area contributed by atoms with Crippen LogP contribution in [0.15, 0.2) is 45.8 Å². The van der Waals surface area contributed by atoms with Gasteiger partial charge in [0.05, 0.1) is 10.0 Å². The third-order valence-corrected chi connectivity index (χ3v) is 4.54. The van der Waals surface area contributed by atoms with Crippen LogP contribution in [0.1, 0.15) is 5.56 Å². The van der Waals surface area contributed by atoms with E-state index >= 15 is 0 Å².